The van der Waals surface area contributed by atoms with E-state index in [-0.39, 0.29) is 0 Å². The van der Waals surface area contributed by atoms with Crippen molar-refractivity contribution in [3.8, 4) is 0 Å². The third-order valence-electron chi connectivity index (χ3n) is 4.74. The molecule has 0 spiro atoms. The van der Waals surface area contributed by atoms with Gasteiger partial charge in [-0.05, 0) is 38.0 Å². The lowest BCUT2D eigenvalue weighted by molar-refractivity contribution is 0.0949. The lowest BCUT2D eigenvalue weighted by Gasteiger charge is -2.44. The fourth-order valence-corrected chi connectivity index (χ4v) is 3.34. The molecule has 94 valence electrons. The van der Waals surface area contributed by atoms with E-state index in [4.69, 9.17) is 0 Å². The Balaban J connectivity index is 1.95. The monoisotopic (exact) mass is 224 g/mol. The first kappa shape index (κ1) is 12.4. The maximum Gasteiger partial charge on any atom is 0.0278 e. The standard InChI is InChI=1S/C14H28N2/c1-5-14(4)11-16(9-8-15-14)12-6-7-13(2,3)10-12/h12,15H,5-11H2,1-4H3. The van der Waals surface area contributed by atoms with Crippen molar-refractivity contribution in [1.82, 2.24) is 10.2 Å². The summed E-state index contributed by atoms with van der Waals surface area (Å²) >= 11 is 0. The van der Waals surface area contributed by atoms with Gasteiger partial charge in [-0.25, -0.2) is 0 Å². The van der Waals surface area contributed by atoms with Crippen molar-refractivity contribution < 1.29 is 0 Å². The molecule has 2 fully saturated rings. The SMILES string of the molecule is CCC1(C)CN(C2CCC(C)(C)C2)CCN1. The smallest absolute Gasteiger partial charge is 0.0278 e. The first-order valence-corrected chi connectivity index (χ1v) is 6.93. The van der Waals surface area contributed by atoms with E-state index in [1.165, 1.54) is 45.3 Å². The van der Waals surface area contributed by atoms with Crippen LogP contribution in [0.3, 0.4) is 0 Å². The van der Waals surface area contributed by atoms with Gasteiger partial charge in [0, 0.05) is 31.2 Å². The van der Waals surface area contributed by atoms with Crippen molar-refractivity contribution in [2.24, 2.45) is 5.41 Å². The van der Waals surface area contributed by atoms with Crippen LogP contribution in [-0.2, 0) is 0 Å². The predicted octanol–water partition coefficient (Wildman–Crippen LogP) is 2.64. The lowest BCUT2D eigenvalue weighted by Crippen LogP contribution is -2.60. The highest BCUT2D eigenvalue weighted by Crippen LogP contribution is 2.40. The second-order valence-electron chi connectivity index (χ2n) is 6.87. The van der Waals surface area contributed by atoms with Crippen LogP contribution in [0.4, 0.5) is 0 Å². The molecule has 0 aromatic carbocycles. The van der Waals surface area contributed by atoms with E-state index in [1.807, 2.05) is 0 Å². The highest BCUT2D eigenvalue weighted by atomic mass is 15.2. The summed E-state index contributed by atoms with van der Waals surface area (Å²) < 4.78 is 0. The normalized spacial score (nSPS) is 40.1. The van der Waals surface area contributed by atoms with Gasteiger partial charge < -0.3 is 5.32 Å². The number of hydrogen-bond donors (Lipinski definition) is 1. The van der Waals surface area contributed by atoms with Gasteiger partial charge in [0.25, 0.3) is 0 Å². The van der Waals surface area contributed by atoms with E-state index in [2.05, 4.69) is 37.9 Å². The molecular formula is C14H28N2. The maximum absolute atomic E-state index is 3.68. The van der Waals surface area contributed by atoms with Gasteiger partial charge in [0.15, 0.2) is 0 Å². The molecule has 2 nitrogen and oxygen atoms in total. The van der Waals surface area contributed by atoms with E-state index >= 15 is 0 Å². The number of nitrogens with one attached hydrogen (secondary N) is 1. The first-order valence-electron chi connectivity index (χ1n) is 6.93. The molecule has 0 aromatic heterocycles. The Morgan fingerprint density at radius 3 is 2.62 bits per heavy atom. The summed E-state index contributed by atoms with van der Waals surface area (Å²) in [5.41, 5.74) is 0.934. The fourth-order valence-electron chi connectivity index (χ4n) is 3.34. The molecule has 2 aliphatic rings. The van der Waals surface area contributed by atoms with Gasteiger partial charge in [-0.2, -0.15) is 0 Å². The van der Waals surface area contributed by atoms with E-state index in [1.54, 1.807) is 0 Å². The molecule has 0 amide bonds. The van der Waals surface area contributed by atoms with Crippen molar-refractivity contribution in [1.29, 1.82) is 0 Å². The number of hydrogen-bond acceptors (Lipinski definition) is 2. The van der Waals surface area contributed by atoms with Gasteiger partial charge >= 0.3 is 0 Å². The molecule has 1 aliphatic carbocycles. The van der Waals surface area contributed by atoms with Gasteiger partial charge in [0.05, 0.1) is 0 Å². The third kappa shape index (κ3) is 2.60. The van der Waals surface area contributed by atoms with Crippen LogP contribution in [0.5, 0.6) is 0 Å². The predicted molar refractivity (Wildman–Crippen MR) is 69.7 cm³/mol. The zero-order valence-corrected chi connectivity index (χ0v) is 11.5. The maximum atomic E-state index is 3.68. The molecule has 2 unspecified atom stereocenters. The molecule has 2 heteroatoms. The lowest BCUT2D eigenvalue weighted by atomic mass is 9.90. The minimum Gasteiger partial charge on any atom is -0.309 e. The van der Waals surface area contributed by atoms with Gasteiger partial charge in [-0.1, -0.05) is 20.8 Å². The molecule has 0 bridgehead atoms. The van der Waals surface area contributed by atoms with E-state index in [9.17, 15) is 0 Å². The van der Waals surface area contributed by atoms with Crippen molar-refractivity contribution in [2.75, 3.05) is 19.6 Å². The molecule has 1 aliphatic heterocycles. The molecular weight excluding hydrogens is 196 g/mol. The Morgan fingerprint density at radius 1 is 1.31 bits per heavy atom. The summed E-state index contributed by atoms with van der Waals surface area (Å²) in [4.78, 5) is 2.74. The Hall–Kier alpha value is -0.0800. The fraction of sp³-hybridized carbons (Fsp3) is 1.00. The van der Waals surface area contributed by atoms with Crippen LogP contribution in [0.15, 0.2) is 0 Å². The molecule has 0 radical (unpaired) electrons. The summed E-state index contributed by atoms with van der Waals surface area (Å²) in [6, 6.07) is 0.850. The van der Waals surface area contributed by atoms with Crippen molar-refractivity contribution >= 4 is 0 Å². The molecule has 1 heterocycles. The van der Waals surface area contributed by atoms with Gasteiger partial charge in [-0.15, -0.1) is 0 Å². The summed E-state index contributed by atoms with van der Waals surface area (Å²) in [6.07, 6.45) is 5.45. The Morgan fingerprint density at radius 2 is 2.06 bits per heavy atom. The van der Waals surface area contributed by atoms with Crippen molar-refractivity contribution in [2.45, 2.75) is 65.0 Å². The molecule has 1 saturated carbocycles. The van der Waals surface area contributed by atoms with Crippen LogP contribution < -0.4 is 5.32 Å². The molecule has 0 aromatic rings. The van der Waals surface area contributed by atoms with Crippen LogP contribution in [0, 0.1) is 5.41 Å². The van der Waals surface area contributed by atoms with Crippen LogP contribution in [0.1, 0.15) is 53.4 Å². The topological polar surface area (TPSA) is 15.3 Å². The first-order chi connectivity index (χ1) is 7.44. The highest BCUT2D eigenvalue weighted by Gasteiger charge is 2.38. The second-order valence-corrected chi connectivity index (χ2v) is 6.87. The van der Waals surface area contributed by atoms with Gasteiger partial charge in [-0.3, -0.25) is 4.90 Å². The average molecular weight is 224 g/mol. The summed E-state index contributed by atoms with van der Waals surface area (Å²) in [5, 5.41) is 3.68. The van der Waals surface area contributed by atoms with Crippen molar-refractivity contribution in [3.05, 3.63) is 0 Å². The number of piperazine rings is 1. The van der Waals surface area contributed by atoms with Crippen LogP contribution in [-0.4, -0.2) is 36.1 Å². The largest absolute Gasteiger partial charge is 0.309 e. The van der Waals surface area contributed by atoms with Gasteiger partial charge in [0.2, 0.25) is 0 Å². The molecule has 1 N–H and O–H groups in total. The van der Waals surface area contributed by atoms with Crippen molar-refractivity contribution in [3.63, 3.8) is 0 Å². The zero-order chi connectivity index (χ0) is 11.8. The molecule has 16 heavy (non-hydrogen) atoms. The Kier molecular flexibility index (Phi) is 3.33. The summed E-state index contributed by atoms with van der Waals surface area (Å²) in [5.74, 6) is 0. The number of nitrogens with zero attached hydrogens (tertiary/aromatic N) is 1. The highest BCUT2D eigenvalue weighted by molar-refractivity contribution is 4.95. The Labute approximate surface area is 101 Å². The molecule has 2 rings (SSSR count). The van der Waals surface area contributed by atoms with E-state index in [0.717, 1.165) is 6.04 Å². The number of rotatable bonds is 2. The minimum atomic E-state index is 0.352. The summed E-state index contributed by atoms with van der Waals surface area (Å²) in [6.45, 7) is 13.2. The molecule has 1 saturated heterocycles. The van der Waals surface area contributed by atoms with Gasteiger partial charge in [0.1, 0.15) is 0 Å². The average Bonchev–Trinajstić information content (AvgIpc) is 2.59. The molecule has 2 atom stereocenters. The Bertz CT molecular complexity index is 249. The van der Waals surface area contributed by atoms with Crippen LogP contribution in [0.2, 0.25) is 0 Å². The third-order valence-corrected chi connectivity index (χ3v) is 4.74. The van der Waals surface area contributed by atoms with E-state index < -0.39 is 0 Å². The summed E-state index contributed by atoms with van der Waals surface area (Å²) in [7, 11) is 0. The van der Waals surface area contributed by atoms with E-state index in [0.29, 0.717) is 11.0 Å². The quantitative estimate of drug-likeness (QED) is 0.776. The second kappa shape index (κ2) is 4.30. The minimum absolute atomic E-state index is 0.352. The van der Waals surface area contributed by atoms with Crippen LogP contribution >= 0.6 is 0 Å². The van der Waals surface area contributed by atoms with Crippen LogP contribution in [0.25, 0.3) is 0 Å². The zero-order valence-electron chi connectivity index (χ0n) is 11.5.